The Labute approximate surface area is 169 Å². The molecule has 0 heterocycles. The van der Waals surface area contributed by atoms with Gasteiger partial charge in [-0.2, -0.15) is 0 Å². The Balaban J connectivity index is 2.02. The molecular formula is C27H26P+. The maximum absolute atomic E-state index is 2.37. The topological polar surface area (TPSA) is 0 Å². The Morgan fingerprint density at radius 1 is 0.536 bits per heavy atom. The van der Waals surface area contributed by atoms with Crippen LogP contribution in [0.15, 0.2) is 109 Å². The Morgan fingerprint density at radius 2 is 0.964 bits per heavy atom. The van der Waals surface area contributed by atoms with E-state index in [9.17, 15) is 0 Å². The van der Waals surface area contributed by atoms with Gasteiger partial charge in [-0.25, -0.2) is 0 Å². The molecule has 4 rings (SSSR count). The van der Waals surface area contributed by atoms with Crippen molar-refractivity contribution >= 4 is 23.2 Å². The van der Waals surface area contributed by atoms with E-state index in [2.05, 4.69) is 123 Å². The van der Waals surface area contributed by atoms with Gasteiger partial charge in [0.05, 0.1) is 6.16 Å². The van der Waals surface area contributed by atoms with Crippen LogP contribution in [0.5, 0.6) is 0 Å². The lowest BCUT2D eigenvalue weighted by molar-refractivity contribution is 1.26. The molecule has 0 radical (unpaired) electrons. The zero-order valence-corrected chi connectivity index (χ0v) is 17.4. The summed E-state index contributed by atoms with van der Waals surface area (Å²) in [5.74, 6) is 0. The summed E-state index contributed by atoms with van der Waals surface area (Å²) in [4.78, 5) is 0. The quantitative estimate of drug-likeness (QED) is 0.383. The number of benzene rings is 4. The van der Waals surface area contributed by atoms with Crippen molar-refractivity contribution in [2.45, 2.75) is 20.0 Å². The number of aryl methyl sites for hydroxylation is 2. The van der Waals surface area contributed by atoms with E-state index in [1.165, 1.54) is 32.6 Å². The van der Waals surface area contributed by atoms with Crippen molar-refractivity contribution in [2.24, 2.45) is 0 Å². The average molecular weight is 381 g/mol. The summed E-state index contributed by atoms with van der Waals surface area (Å²) in [7, 11) is -1.82. The molecule has 0 unspecified atom stereocenters. The zero-order chi connectivity index (χ0) is 19.4. The van der Waals surface area contributed by atoms with Crippen LogP contribution in [-0.4, -0.2) is 0 Å². The predicted molar refractivity (Wildman–Crippen MR) is 125 cm³/mol. The minimum Gasteiger partial charge on any atom is -0.0620 e. The van der Waals surface area contributed by atoms with Crippen molar-refractivity contribution < 1.29 is 0 Å². The molecular weight excluding hydrogens is 355 g/mol. The third-order valence-corrected chi connectivity index (χ3v) is 9.86. The van der Waals surface area contributed by atoms with Gasteiger partial charge in [0.15, 0.2) is 0 Å². The van der Waals surface area contributed by atoms with Crippen LogP contribution in [0.25, 0.3) is 0 Å². The van der Waals surface area contributed by atoms with E-state index in [1.54, 1.807) is 0 Å². The van der Waals surface area contributed by atoms with E-state index in [0.717, 1.165) is 6.16 Å². The van der Waals surface area contributed by atoms with Gasteiger partial charge in [0.25, 0.3) is 0 Å². The molecule has 28 heavy (non-hydrogen) atoms. The number of hydrogen-bond acceptors (Lipinski definition) is 0. The highest BCUT2D eigenvalue weighted by Crippen LogP contribution is 2.58. The molecule has 0 spiro atoms. The first kappa shape index (κ1) is 18.7. The first-order chi connectivity index (χ1) is 13.7. The van der Waals surface area contributed by atoms with Crippen LogP contribution in [0.4, 0.5) is 0 Å². The van der Waals surface area contributed by atoms with Crippen molar-refractivity contribution in [1.29, 1.82) is 0 Å². The van der Waals surface area contributed by atoms with Gasteiger partial charge in [0.1, 0.15) is 23.2 Å². The fourth-order valence-corrected chi connectivity index (χ4v) is 8.33. The SMILES string of the molecule is Cc1ccc(C)c(C[P+](c2ccccc2)(c2ccccc2)c2ccccc2)c1. The first-order valence-corrected chi connectivity index (χ1v) is 11.8. The Morgan fingerprint density at radius 3 is 1.39 bits per heavy atom. The lowest BCUT2D eigenvalue weighted by atomic mass is 10.1. The summed E-state index contributed by atoms with van der Waals surface area (Å²) < 4.78 is 0. The Bertz CT molecular complexity index is 941. The van der Waals surface area contributed by atoms with Crippen LogP contribution >= 0.6 is 7.26 Å². The maximum Gasteiger partial charge on any atom is 0.116 e. The van der Waals surface area contributed by atoms with E-state index >= 15 is 0 Å². The molecule has 1 heteroatoms. The van der Waals surface area contributed by atoms with E-state index in [-0.39, 0.29) is 0 Å². The first-order valence-electron chi connectivity index (χ1n) is 9.81. The number of rotatable bonds is 5. The second-order valence-corrected chi connectivity index (χ2v) is 10.9. The van der Waals surface area contributed by atoms with Crippen molar-refractivity contribution in [3.63, 3.8) is 0 Å². The van der Waals surface area contributed by atoms with E-state index in [1.807, 2.05) is 0 Å². The van der Waals surface area contributed by atoms with E-state index in [4.69, 9.17) is 0 Å². The summed E-state index contributed by atoms with van der Waals surface area (Å²) in [6.07, 6.45) is 1.04. The highest BCUT2D eigenvalue weighted by molar-refractivity contribution is 7.95. The molecule has 0 nitrogen and oxygen atoms in total. The largest absolute Gasteiger partial charge is 0.116 e. The van der Waals surface area contributed by atoms with Gasteiger partial charge in [-0.15, -0.1) is 0 Å². The molecule has 0 aromatic heterocycles. The molecule has 0 atom stereocenters. The minimum absolute atomic E-state index is 1.04. The van der Waals surface area contributed by atoms with Crippen molar-refractivity contribution in [3.05, 3.63) is 126 Å². The lowest BCUT2D eigenvalue weighted by Crippen LogP contribution is -2.32. The molecule has 0 saturated heterocycles. The molecule has 4 aromatic carbocycles. The summed E-state index contributed by atoms with van der Waals surface area (Å²) in [6.45, 7) is 4.43. The summed E-state index contributed by atoms with van der Waals surface area (Å²) >= 11 is 0. The fraction of sp³-hybridized carbons (Fsp3) is 0.111. The highest BCUT2D eigenvalue weighted by Gasteiger charge is 2.45. The van der Waals surface area contributed by atoms with Crippen LogP contribution in [0, 0.1) is 13.8 Å². The van der Waals surface area contributed by atoms with Gasteiger partial charge < -0.3 is 0 Å². The fourth-order valence-electron chi connectivity index (χ4n) is 3.99. The summed E-state index contributed by atoms with van der Waals surface area (Å²) in [6, 6.07) is 40.2. The molecule has 0 N–H and O–H groups in total. The molecule has 0 aliphatic carbocycles. The normalized spacial score (nSPS) is 11.4. The maximum atomic E-state index is 2.37. The third kappa shape index (κ3) is 3.53. The van der Waals surface area contributed by atoms with Gasteiger partial charge in [0, 0.05) is 0 Å². The highest BCUT2D eigenvalue weighted by atomic mass is 31.2. The van der Waals surface area contributed by atoms with Crippen LogP contribution in [0.1, 0.15) is 16.7 Å². The lowest BCUT2D eigenvalue weighted by Gasteiger charge is -2.28. The minimum atomic E-state index is -1.82. The molecule has 0 saturated carbocycles. The van der Waals surface area contributed by atoms with Crippen molar-refractivity contribution in [3.8, 4) is 0 Å². The van der Waals surface area contributed by atoms with Crippen LogP contribution in [-0.2, 0) is 6.16 Å². The van der Waals surface area contributed by atoms with Gasteiger partial charge >= 0.3 is 0 Å². The third-order valence-electron chi connectivity index (χ3n) is 5.50. The Kier molecular flexibility index (Phi) is 5.42. The second kappa shape index (κ2) is 8.13. The van der Waals surface area contributed by atoms with Crippen LogP contribution in [0.2, 0.25) is 0 Å². The van der Waals surface area contributed by atoms with Gasteiger partial charge in [-0.05, 0) is 61.4 Å². The molecule has 0 aliphatic rings. The monoisotopic (exact) mass is 381 g/mol. The van der Waals surface area contributed by atoms with Crippen molar-refractivity contribution in [1.82, 2.24) is 0 Å². The molecule has 0 aliphatic heterocycles. The number of hydrogen-bond donors (Lipinski definition) is 0. The molecule has 138 valence electrons. The van der Waals surface area contributed by atoms with Gasteiger partial charge in [-0.3, -0.25) is 0 Å². The smallest absolute Gasteiger partial charge is 0.0620 e. The summed E-state index contributed by atoms with van der Waals surface area (Å²) in [5, 5.41) is 4.31. The summed E-state index contributed by atoms with van der Waals surface area (Å²) in [5.41, 5.74) is 4.15. The molecule has 0 bridgehead atoms. The molecule has 0 fully saturated rings. The molecule has 4 aromatic rings. The predicted octanol–water partition coefficient (Wildman–Crippen LogP) is 5.80. The van der Waals surface area contributed by atoms with Crippen molar-refractivity contribution in [2.75, 3.05) is 0 Å². The zero-order valence-electron chi connectivity index (χ0n) is 16.5. The van der Waals surface area contributed by atoms with Crippen LogP contribution in [0.3, 0.4) is 0 Å². The van der Waals surface area contributed by atoms with E-state index < -0.39 is 7.26 Å². The Hall–Kier alpha value is -2.69. The second-order valence-electron chi connectivity index (χ2n) is 7.40. The van der Waals surface area contributed by atoms with Gasteiger partial charge in [0.2, 0.25) is 0 Å². The van der Waals surface area contributed by atoms with Gasteiger partial charge in [-0.1, -0.05) is 78.4 Å². The standard InChI is InChI=1S/C27H26P/c1-22-18-19-23(2)24(20-22)21-28(25-12-6-3-7-13-25,26-14-8-4-9-15-26)27-16-10-5-11-17-27/h3-20H,21H2,1-2H3/q+1. The molecule has 0 amide bonds. The van der Waals surface area contributed by atoms with E-state index in [0.29, 0.717) is 0 Å². The average Bonchev–Trinajstić information content (AvgIpc) is 2.76. The van der Waals surface area contributed by atoms with Crippen LogP contribution < -0.4 is 15.9 Å².